The molecule has 0 spiro atoms. The van der Waals surface area contributed by atoms with Crippen LogP contribution in [0.15, 0.2) is 36.4 Å². The number of hydrogen-bond acceptors (Lipinski definition) is 4. The van der Waals surface area contributed by atoms with Crippen molar-refractivity contribution in [1.29, 1.82) is 0 Å². The fraction of sp³-hybridized carbons (Fsp3) is 0.435. The zero-order chi connectivity index (χ0) is 20.5. The summed E-state index contributed by atoms with van der Waals surface area (Å²) in [6, 6.07) is 11.8. The molecule has 0 aliphatic heterocycles. The zero-order valence-electron chi connectivity index (χ0n) is 17.2. The Hall–Kier alpha value is -2.69. The second kappa shape index (κ2) is 10.6. The minimum absolute atomic E-state index is 0.0916. The van der Waals surface area contributed by atoms with E-state index in [0.29, 0.717) is 43.7 Å². The van der Waals surface area contributed by atoms with Crippen LogP contribution in [-0.4, -0.2) is 30.9 Å². The molecule has 0 aliphatic rings. The number of benzene rings is 2. The van der Waals surface area contributed by atoms with Gasteiger partial charge in [0.25, 0.3) is 0 Å². The van der Waals surface area contributed by atoms with Gasteiger partial charge in [-0.1, -0.05) is 32.0 Å². The fourth-order valence-corrected chi connectivity index (χ4v) is 2.89. The van der Waals surface area contributed by atoms with E-state index < -0.39 is 5.97 Å². The molecule has 2 aromatic carbocycles. The minimum Gasteiger partial charge on any atom is -0.490 e. The number of hydrogen-bond donors (Lipinski definition) is 1. The molecule has 152 valence electrons. The summed E-state index contributed by atoms with van der Waals surface area (Å²) in [6.07, 6.45) is 0.554. The van der Waals surface area contributed by atoms with E-state index in [0.717, 1.165) is 16.9 Å². The Bertz CT molecular complexity index is 783. The van der Waals surface area contributed by atoms with Crippen molar-refractivity contribution in [3.8, 4) is 17.2 Å². The van der Waals surface area contributed by atoms with Crippen molar-refractivity contribution in [3.63, 3.8) is 0 Å². The summed E-state index contributed by atoms with van der Waals surface area (Å²) in [5, 5.41) is 8.84. The fourth-order valence-electron chi connectivity index (χ4n) is 2.89. The molecule has 0 unspecified atom stereocenters. The number of aliphatic carboxylic acids is 1. The predicted molar refractivity (Wildman–Crippen MR) is 110 cm³/mol. The topological polar surface area (TPSA) is 65.0 Å². The zero-order valence-corrected chi connectivity index (χ0v) is 17.2. The molecule has 0 aliphatic carbocycles. The molecule has 1 N–H and O–H groups in total. The van der Waals surface area contributed by atoms with Crippen LogP contribution >= 0.6 is 0 Å². The summed E-state index contributed by atoms with van der Waals surface area (Å²) in [6.45, 7) is 9.57. The van der Waals surface area contributed by atoms with Gasteiger partial charge in [0, 0.05) is 6.42 Å². The molecular weight excluding hydrogens is 356 g/mol. The molecule has 0 aromatic heterocycles. The van der Waals surface area contributed by atoms with Gasteiger partial charge in [-0.2, -0.15) is 0 Å². The molecule has 0 saturated carbocycles. The quantitative estimate of drug-likeness (QED) is 0.551. The average Bonchev–Trinajstić information content (AvgIpc) is 2.64. The van der Waals surface area contributed by atoms with Crippen LogP contribution in [0, 0.1) is 6.92 Å². The maximum absolute atomic E-state index is 10.8. The number of ether oxygens (including phenoxy) is 3. The summed E-state index contributed by atoms with van der Waals surface area (Å²) < 4.78 is 17.5. The first-order chi connectivity index (χ1) is 13.4. The van der Waals surface area contributed by atoms with E-state index in [-0.39, 0.29) is 6.42 Å². The molecule has 0 saturated heterocycles. The normalized spacial score (nSPS) is 10.8. The first kappa shape index (κ1) is 21.6. The lowest BCUT2D eigenvalue weighted by atomic mass is 10.0. The highest BCUT2D eigenvalue weighted by molar-refractivity contribution is 5.67. The number of carboxylic acids is 1. The van der Waals surface area contributed by atoms with Crippen molar-refractivity contribution in [2.75, 3.05) is 19.8 Å². The van der Waals surface area contributed by atoms with Crippen molar-refractivity contribution in [3.05, 3.63) is 53.1 Å². The van der Waals surface area contributed by atoms with Gasteiger partial charge in [0.1, 0.15) is 19.0 Å². The van der Waals surface area contributed by atoms with Gasteiger partial charge in [0.15, 0.2) is 11.5 Å². The molecule has 0 radical (unpaired) electrons. The number of carbonyl (C=O) groups is 1. The van der Waals surface area contributed by atoms with E-state index in [1.807, 2.05) is 32.0 Å². The monoisotopic (exact) mass is 386 g/mol. The van der Waals surface area contributed by atoms with E-state index in [1.54, 1.807) is 0 Å². The van der Waals surface area contributed by atoms with Crippen molar-refractivity contribution in [2.45, 2.75) is 46.5 Å². The molecule has 0 amide bonds. The van der Waals surface area contributed by atoms with Gasteiger partial charge in [-0.05, 0) is 61.1 Å². The molecule has 2 rings (SSSR count). The predicted octanol–water partition coefficient (Wildman–Crippen LogP) is 4.99. The van der Waals surface area contributed by atoms with Crippen molar-refractivity contribution >= 4 is 5.97 Å². The van der Waals surface area contributed by atoms with E-state index in [1.165, 1.54) is 5.56 Å². The number of rotatable bonds is 11. The van der Waals surface area contributed by atoms with E-state index in [9.17, 15) is 4.79 Å². The Kier molecular flexibility index (Phi) is 8.18. The second-order valence-corrected chi connectivity index (χ2v) is 7.00. The van der Waals surface area contributed by atoms with Gasteiger partial charge in [-0.3, -0.25) is 4.79 Å². The van der Waals surface area contributed by atoms with Crippen LogP contribution in [0.3, 0.4) is 0 Å². The first-order valence-corrected chi connectivity index (χ1v) is 9.74. The van der Waals surface area contributed by atoms with Crippen molar-refractivity contribution in [2.24, 2.45) is 0 Å². The van der Waals surface area contributed by atoms with Gasteiger partial charge in [0.05, 0.1) is 6.61 Å². The second-order valence-electron chi connectivity index (χ2n) is 7.00. The van der Waals surface area contributed by atoms with Crippen molar-refractivity contribution in [1.82, 2.24) is 0 Å². The lowest BCUT2D eigenvalue weighted by Gasteiger charge is -2.16. The molecule has 2 aromatic rings. The highest BCUT2D eigenvalue weighted by atomic mass is 16.5. The van der Waals surface area contributed by atoms with Crippen LogP contribution in [0.5, 0.6) is 17.2 Å². The van der Waals surface area contributed by atoms with Gasteiger partial charge in [0.2, 0.25) is 0 Å². The van der Waals surface area contributed by atoms with E-state index >= 15 is 0 Å². The largest absolute Gasteiger partial charge is 0.490 e. The molecule has 5 heteroatoms. The molecular formula is C23H30O5. The Morgan fingerprint density at radius 3 is 2.32 bits per heavy atom. The van der Waals surface area contributed by atoms with E-state index in [2.05, 4.69) is 32.0 Å². The minimum atomic E-state index is -0.813. The molecule has 5 nitrogen and oxygen atoms in total. The highest BCUT2D eigenvalue weighted by Crippen LogP contribution is 2.30. The third kappa shape index (κ3) is 6.48. The van der Waals surface area contributed by atoms with Crippen molar-refractivity contribution < 1.29 is 24.1 Å². The van der Waals surface area contributed by atoms with Crippen LogP contribution in [0.4, 0.5) is 0 Å². The Morgan fingerprint density at radius 1 is 0.964 bits per heavy atom. The van der Waals surface area contributed by atoms with E-state index in [4.69, 9.17) is 19.3 Å². The van der Waals surface area contributed by atoms with Gasteiger partial charge in [-0.15, -0.1) is 0 Å². The smallest absolute Gasteiger partial charge is 0.303 e. The summed E-state index contributed by atoms with van der Waals surface area (Å²) >= 11 is 0. The van der Waals surface area contributed by atoms with Gasteiger partial charge < -0.3 is 19.3 Å². The number of aryl methyl sites for hydroxylation is 2. The molecule has 28 heavy (non-hydrogen) atoms. The van der Waals surface area contributed by atoms with Crippen LogP contribution in [-0.2, 0) is 11.2 Å². The third-order valence-corrected chi connectivity index (χ3v) is 4.33. The number of carboxylic acid groups (broad SMARTS) is 1. The SMILES string of the molecule is CCOc1cc(CCC(=O)O)ccc1OCCOc1cc(C)ccc1C(C)C. The molecule has 0 atom stereocenters. The van der Waals surface area contributed by atoms with Gasteiger partial charge in [-0.25, -0.2) is 0 Å². The standard InChI is InChI=1S/C23H30O5/c1-5-26-22-15-18(8-11-23(24)25)7-10-20(22)27-12-13-28-21-14-17(4)6-9-19(21)16(2)3/h6-7,9-10,14-16H,5,8,11-13H2,1-4H3,(H,24,25). The molecule has 0 fully saturated rings. The highest BCUT2D eigenvalue weighted by Gasteiger charge is 2.10. The summed E-state index contributed by atoms with van der Waals surface area (Å²) in [5.74, 6) is 1.74. The van der Waals surface area contributed by atoms with Crippen LogP contribution in [0.1, 0.15) is 49.8 Å². The van der Waals surface area contributed by atoms with Crippen LogP contribution < -0.4 is 14.2 Å². The Balaban J connectivity index is 1.97. The first-order valence-electron chi connectivity index (χ1n) is 9.74. The maximum Gasteiger partial charge on any atom is 0.303 e. The summed E-state index contributed by atoms with van der Waals surface area (Å²) in [4.78, 5) is 10.8. The summed E-state index contributed by atoms with van der Waals surface area (Å²) in [5.41, 5.74) is 3.26. The van der Waals surface area contributed by atoms with Crippen LogP contribution in [0.25, 0.3) is 0 Å². The molecule has 0 bridgehead atoms. The maximum atomic E-state index is 10.8. The van der Waals surface area contributed by atoms with Crippen LogP contribution in [0.2, 0.25) is 0 Å². The average molecular weight is 386 g/mol. The Labute approximate surface area is 167 Å². The third-order valence-electron chi connectivity index (χ3n) is 4.33. The van der Waals surface area contributed by atoms with Gasteiger partial charge >= 0.3 is 5.97 Å². The summed E-state index contributed by atoms with van der Waals surface area (Å²) in [7, 11) is 0. The molecule has 0 heterocycles. The Morgan fingerprint density at radius 2 is 1.68 bits per heavy atom. The lowest BCUT2D eigenvalue weighted by molar-refractivity contribution is -0.136. The lowest BCUT2D eigenvalue weighted by Crippen LogP contribution is -2.11.